The molecule has 0 aromatic rings. The Bertz CT molecular complexity index is 194. The molecule has 1 N–H and O–H groups in total. The average Bonchev–Trinajstić information content (AvgIpc) is 2.26. The number of likely N-dealkylation sites (tertiary alicyclic amines) is 1. The highest BCUT2D eigenvalue weighted by molar-refractivity contribution is 4.83. The molecule has 0 aromatic carbocycles. The van der Waals surface area contributed by atoms with Crippen LogP contribution in [0, 0.1) is 5.92 Å². The van der Waals surface area contributed by atoms with Crippen molar-refractivity contribution in [3.63, 3.8) is 0 Å². The van der Waals surface area contributed by atoms with Gasteiger partial charge in [0.05, 0.1) is 6.10 Å². The van der Waals surface area contributed by atoms with Gasteiger partial charge in [-0.2, -0.15) is 0 Å². The lowest BCUT2D eigenvalue weighted by atomic mass is 9.92. The second kappa shape index (κ2) is 6.58. The SMILES string of the molecule is CCN(CC)CCN1CC(C)C(O)CC1C. The number of likely N-dealkylation sites (N-methyl/N-ethyl adjacent to an activating group) is 1. The molecule has 1 saturated heterocycles. The molecule has 3 atom stereocenters. The van der Waals surface area contributed by atoms with Gasteiger partial charge >= 0.3 is 0 Å². The van der Waals surface area contributed by atoms with E-state index in [0.29, 0.717) is 12.0 Å². The Morgan fingerprint density at radius 2 is 1.88 bits per heavy atom. The molecule has 0 amide bonds. The molecule has 1 heterocycles. The monoisotopic (exact) mass is 228 g/mol. The van der Waals surface area contributed by atoms with Crippen molar-refractivity contribution in [1.29, 1.82) is 0 Å². The van der Waals surface area contributed by atoms with Gasteiger partial charge in [0.2, 0.25) is 0 Å². The minimum Gasteiger partial charge on any atom is -0.393 e. The lowest BCUT2D eigenvalue weighted by Gasteiger charge is -2.40. The first kappa shape index (κ1) is 13.9. The van der Waals surface area contributed by atoms with Gasteiger partial charge in [-0.05, 0) is 32.4 Å². The third-order valence-electron chi connectivity index (χ3n) is 3.98. The highest BCUT2D eigenvalue weighted by Crippen LogP contribution is 2.21. The lowest BCUT2D eigenvalue weighted by molar-refractivity contribution is 0.00249. The summed E-state index contributed by atoms with van der Waals surface area (Å²) in [5, 5.41) is 9.80. The van der Waals surface area contributed by atoms with Gasteiger partial charge in [0, 0.05) is 25.7 Å². The van der Waals surface area contributed by atoms with Crippen molar-refractivity contribution in [2.24, 2.45) is 5.92 Å². The van der Waals surface area contributed by atoms with Crippen molar-refractivity contribution in [3.8, 4) is 0 Å². The molecule has 0 bridgehead atoms. The number of hydrogen-bond acceptors (Lipinski definition) is 3. The fraction of sp³-hybridized carbons (Fsp3) is 1.00. The second-order valence-electron chi connectivity index (χ2n) is 5.15. The third-order valence-corrected chi connectivity index (χ3v) is 3.98. The fourth-order valence-electron chi connectivity index (χ4n) is 2.52. The number of rotatable bonds is 5. The van der Waals surface area contributed by atoms with Crippen LogP contribution in [0.4, 0.5) is 0 Å². The summed E-state index contributed by atoms with van der Waals surface area (Å²) in [6.07, 6.45) is 0.832. The van der Waals surface area contributed by atoms with Crippen LogP contribution in [0.5, 0.6) is 0 Å². The molecule has 0 aromatic heterocycles. The standard InChI is InChI=1S/C13H28N2O/c1-5-14(6-2)7-8-15-10-11(3)13(16)9-12(15)4/h11-13,16H,5-10H2,1-4H3. The average molecular weight is 228 g/mol. The van der Waals surface area contributed by atoms with Crippen molar-refractivity contribution < 1.29 is 5.11 Å². The van der Waals surface area contributed by atoms with Gasteiger partial charge in [0.25, 0.3) is 0 Å². The minimum atomic E-state index is -0.0975. The highest BCUT2D eigenvalue weighted by atomic mass is 16.3. The van der Waals surface area contributed by atoms with E-state index in [1.165, 1.54) is 0 Å². The van der Waals surface area contributed by atoms with E-state index in [2.05, 4.69) is 37.5 Å². The van der Waals surface area contributed by atoms with E-state index in [1.54, 1.807) is 0 Å². The molecular formula is C13H28N2O. The lowest BCUT2D eigenvalue weighted by Crippen LogP contribution is -2.49. The molecule has 1 aliphatic rings. The van der Waals surface area contributed by atoms with Gasteiger partial charge in [-0.1, -0.05) is 20.8 Å². The molecular weight excluding hydrogens is 200 g/mol. The first-order chi connectivity index (χ1) is 7.58. The van der Waals surface area contributed by atoms with Crippen molar-refractivity contribution in [2.45, 2.75) is 46.3 Å². The molecule has 0 aliphatic carbocycles. The van der Waals surface area contributed by atoms with E-state index in [9.17, 15) is 5.11 Å². The Hall–Kier alpha value is -0.120. The van der Waals surface area contributed by atoms with Crippen LogP contribution in [0.1, 0.15) is 34.1 Å². The van der Waals surface area contributed by atoms with E-state index < -0.39 is 0 Å². The molecule has 16 heavy (non-hydrogen) atoms. The zero-order valence-corrected chi connectivity index (χ0v) is 11.3. The zero-order valence-electron chi connectivity index (χ0n) is 11.3. The molecule has 1 rings (SSSR count). The summed E-state index contributed by atoms with van der Waals surface area (Å²) in [4.78, 5) is 4.98. The maximum atomic E-state index is 9.80. The van der Waals surface area contributed by atoms with Crippen LogP contribution in [0.15, 0.2) is 0 Å². The summed E-state index contributed by atoms with van der Waals surface area (Å²) in [5.41, 5.74) is 0. The summed E-state index contributed by atoms with van der Waals surface area (Å²) in [6.45, 7) is 14.4. The van der Waals surface area contributed by atoms with Crippen molar-refractivity contribution in [2.75, 3.05) is 32.7 Å². The topological polar surface area (TPSA) is 26.7 Å². The first-order valence-electron chi connectivity index (χ1n) is 6.72. The van der Waals surface area contributed by atoms with E-state index in [1.807, 2.05) is 0 Å². The number of aliphatic hydroxyl groups is 1. The molecule has 1 fully saturated rings. The van der Waals surface area contributed by atoms with E-state index in [-0.39, 0.29) is 6.10 Å². The number of aliphatic hydroxyl groups excluding tert-OH is 1. The summed E-state index contributed by atoms with van der Waals surface area (Å²) in [6, 6.07) is 0.529. The molecule has 0 radical (unpaired) electrons. The van der Waals surface area contributed by atoms with Crippen molar-refractivity contribution in [1.82, 2.24) is 9.80 Å². The van der Waals surface area contributed by atoms with Gasteiger partial charge in [-0.3, -0.25) is 4.90 Å². The molecule has 0 spiro atoms. The van der Waals surface area contributed by atoms with Crippen LogP contribution in [0.2, 0.25) is 0 Å². The molecule has 0 saturated carbocycles. The Kier molecular flexibility index (Phi) is 5.73. The second-order valence-corrected chi connectivity index (χ2v) is 5.15. The van der Waals surface area contributed by atoms with E-state index >= 15 is 0 Å². The summed E-state index contributed by atoms with van der Waals surface area (Å²) in [7, 11) is 0. The number of hydrogen-bond donors (Lipinski definition) is 1. The first-order valence-corrected chi connectivity index (χ1v) is 6.72. The van der Waals surface area contributed by atoms with Crippen LogP contribution >= 0.6 is 0 Å². The van der Waals surface area contributed by atoms with Gasteiger partial charge in [0.1, 0.15) is 0 Å². The molecule has 3 unspecified atom stereocenters. The van der Waals surface area contributed by atoms with Gasteiger partial charge < -0.3 is 10.0 Å². The van der Waals surface area contributed by atoms with Crippen molar-refractivity contribution >= 4 is 0 Å². The Labute approximate surface area is 100 Å². The van der Waals surface area contributed by atoms with E-state index in [0.717, 1.165) is 39.1 Å². The van der Waals surface area contributed by atoms with Crippen LogP contribution < -0.4 is 0 Å². The Balaban J connectivity index is 2.36. The van der Waals surface area contributed by atoms with Gasteiger partial charge in [0.15, 0.2) is 0 Å². The van der Waals surface area contributed by atoms with E-state index in [4.69, 9.17) is 0 Å². The predicted octanol–water partition coefficient (Wildman–Crippen LogP) is 1.42. The maximum Gasteiger partial charge on any atom is 0.0592 e. The van der Waals surface area contributed by atoms with Gasteiger partial charge in [-0.25, -0.2) is 0 Å². The molecule has 3 heteroatoms. The maximum absolute atomic E-state index is 9.80. The largest absolute Gasteiger partial charge is 0.393 e. The smallest absolute Gasteiger partial charge is 0.0592 e. The van der Waals surface area contributed by atoms with Crippen LogP contribution in [0.25, 0.3) is 0 Å². The molecule has 3 nitrogen and oxygen atoms in total. The van der Waals surface area contributed by atoms with Crippen molar-refractivity contribution in [3.05, 3.63) is 0 Å². The highest BCUT2D eigenvalue weighted by Gasteiger charge is 2.29. The normalized spacial score (nSPS) is 32.2. The zero-order chi connectivity index (χ0) is 12.1. The van der Waals surface area contributed by atoms with Crippen LogP contribution in [-0.2, 0) is 0 Å². The van der Waals surface area contributed by atoms with Gasteiger partial charge in [-0.15, -0.1) is 0 Å². The molecule has 1 aliphatic heterocycles. The Morgan fingerprint density at radius 3 is 2.44 bits per heavy atom. The third kappa shape index (κ3) is 3.72. The van der Waals surface area contributed by atoms with Crippen LogP contribution in [0.3, 0.4) is 0 Å². The fourth-order valence-corrected chi connectivity index (χ4v) is 2.52. The number of nitrogens with zero attached hydrogens (tertiary/aromatic N) is 2. The minimum absolute atomic E-state index is 0.0975. The van der Waals surface area contributed by atoms with Crippen LogP contribution in [-0.4, -0.2) is 59.8 Å². The Morgan fingerprint density at radius 1 is 1.25 bits per heavy atom. The number of piperidine rings is 1. The molecule has 96 valence electrons. The quantitative estimate of drug-likeness (QED) is 0.771. The summed E-state index contributed by atoms with van der Waals surface area (Å²) >= 11 is 0. The summed E-state index contributed by atoms with van der Waals surface area (Å²) in [5.74, 6) is 0.424. The predicted molar refractivity (Wildman–Crippen MR) is 68.6 cm³/mol. The summed E-state index contributed by atoms with van der Waals surface area (Å²) < 4.78 is 0.